The molecular formula is C20H22N4O2S. The lowest BCUT2D eigenvalue weighted by Gasteiger charge is -2.24. The van der Waals surface area contributed by atoms with Crippen molar-refractivity contribution in [2.75, 3.05) is 13.7 Å². The van der Waals surface area contributed by atoms with E-state index in [4.69, 9.17) is 17.0 Å². The third-order valence-electron chi connectivity index (χ3n) is 4.16. The normalized spacial score (nSPS) is 10.6. The standard InChI is InChI=1S/C20H22N4O2S/c1-3-26-17-6-7-18-15(10-17)9-16(19(25)23-18)13-24(20(27)21-2)12-14-5-4-8-22-11-14/h4-11H,3,12-13H2,1-2H3,(H,21,27)(H,23,25). The molecule has 0 aliphatic heterocycles. The summed E-state index contributed by atoms with van der Waals surface area (Å²) in [5, 5.41) is 4.49. The van der Waals surface area contributed by atoms with Crippen LogP contribution in [0.2, 0.25) is 0 Å². The van der Waals surface area contributed by atoms with E-state index in [0.29, 0.717) is 30.4 Å². The van der Waals surface area contributed by atoms with Gasteiger partial charge in [-0.3, -0.25) is 9.78 Å². The molecule has 3 aromatic rings. The maximum atomic E-state index is 12.6. The highest BCUT2D eigenvalue weighted by molar-refractivity contribution is 7.80. The number of pyridine rings is 2. The smallest absolute Gasteiger partial charge is 0.253 e. The molecule has 2 aromatic heterocycles. The lowest BCUT2D eigenvalue weighted by Crippen LogP contribution is -2.38. The van der Waals surface area contributed by atoms with Gasteiger partial charge in [-0.2, -0.15) is 0 Å². The van der Waals surface area contributed by atoms with Crippen LogP contribution < -0.4 is 15.6 Å². The molecule has 0 bridgehead atoms. The summed E-state index contributed by atoms with van der Waals surface area (Å²) in [7, 11) is 1.78. The zero-order valence-corrected chi connectivity index (χ0v) is 16.2. The molecule has 1 aromatic carbocycles. The average Bonchev–Trinajstić information content (AvgIpc) is 2.68. The Morgan fingerprint density at radius 3 is 2.85 bits per heavy atom. The highest BCUT2D eigenvalue weighted by Gasteiger charge is 2.13. The molecule has 3 rings (SSSR count). The van der Waals surface area contributed by atoms with Crippen LogP contribution in [0.25, 0.3) is 10.9 Å². The summed E-state index contributed by atoms with van der Waals surface area (Å²) in [6.45, 7) is 3.48. The fourth-order valence-corrected chi connectivity index (χ4v) is 3.01. The Kier molecular flexibility index (Phi) is 6.03. The highest BCUT2D eigenvalue weighted by atomic mass is 32.1. The number of aromatic nitrogens is 2. The summed E-state index contributed by atoms with van der Waals surface area (Å²) in [4.78, 5) is 21.6. The van der Waals surface area contributed by atoms with Gasteiger partial charge in [0.1, 0.15) is 5.75 Å². The van der Waals surface area contributed by atoms with Gasteiger partial charge in [0.15, 0.2) is 5.11 Å². The minimum absolute atomic E-state index is 0.123. The number of fused-ring (bicyclic) bond motifs is 1. The molecule has 0 unspecified atom stereocenters. The van der Waals surface area contributed by atoms with Crippen molar-refractivity contribution in [3.05, 3.63) is 70.3 Å². The quantitative estimate of drug-likeness (QED) is 0.639. The van der Waals surface area contributed by atoms with Crippen molar-refractivity contribution in [2.24, 2.45) is 0 Å². The Hall–Kier alpha value is -2.93. The van der Waals surface area contributed by atoms with Gasteiger partial charge in [0.2, 0.25) is 0 Å². The summed E-state index contributed by atoms with van der Waals surface area (Å²) in [5.41, 5.74) is 2.31. The Morgan fingerprint density at radius 1 is 1.30 bits per heavy atom. The Bertz CT molecular complexity index is 988. The predicted octanol–water partition coefficient (Wildman–Crippen LogP) is 2.83. The Balaban J connectivity index is 1.92. The van der Waals surface area contributed by atoms with Crippen LogP contribution in [0.1, 0.15) is 18.1 Å². The first kappa shape index (κ1) is 18.8. The molecule has 0 fully saturated rings. The molecule has 0 spiro atoms. The first-order valence-corrected chi connectivity index (χ1v) is 9.16. The van der Waals surface area contributed by atoms with Crippen LogP contribution in [0.15, 0.2) is 53.6 Å². The monoisotopic (exact) mass is 382 g/mol. The minimum Gasteiger partial charge on any atom is -0.494 e. The van der Waals surface area contributed by atoms with Crippen LogP contribution in [0, 0.1) is 0 Å². The van der Waals surface area contributed by atoms with Gasteiger partial charge in [0.05, 0.1) is 13.2 Å². The average molecular weight is 382 g/mol. The molecule has 0 radical (unpaired) electrons. The second kappa shape index (κ2) is 8.64. The number of rotatable bonds is 6. The van der Waals surface area contributed by atoms with Crippen molar-refractivity contribution < 1.29 is 4.74 Å². The number of aromatic amines is 1. The van der Waals surface area contributed by atoms with E-state index in [2.05, 4.69) is 15.3 Å². The lowest BCUT2D eigenvalue weighted by molar-refractivity contribution is 0.340. The van der Waals surface area contributed by atoms with Crippen molar-refractivity contribution in [3.63, 3.8) is 0 Å². The maximum absolute atomic E-state index is 12.6. The van der Waals surface area contributed by atoms with E-state index in [9.17, 15) is 4.79 Å². The zero-order chi connectivity index (χ0) is 19.2. The summed E-state index contributed by atoms with van der Waals surface area (Å²) in [6.07, 6.45) is 3.53. The third-order valence-corrected chi connectivity index (χ3v) is 4.62. The van der Waals surface area contributed by atoms with Gasteiger partial charge in [-0.1, -0.05) is 6.07 Å². The molecule has 0 saturated carbocycles. The van der Waals surface area contributed by atoms with E-state index in [-0.39, 0.29) is 5.56 Å². The number of hydrogen-bond donors (Lipinski definition) is 2. The van der Waals surface area contributed by atoms with Crippen molar-refractivity contribution >= 4 is 28.2 Å². The van der Waals surface area contributed by atoms with Crippen LogP contribution in [-0.4, -0.2) is 33.6 Å². The van der Waals surface area contributed by atoms with Gasteiger partial charge < -0.3 is 19.9 Å². The summed E-state index contributed by atoms with van der Waals surface area (Å²) in [6, 6.07) is 11.4. The fraction of sp³-hybridized carbons (Fsp3) is 0.250. The van der Waals surface area contributed by atoms with Gasteiger partial charge in [-0.05, 0) is 55.0 Å². The molecule has 0 aliphatic rings. The molecule has 140 valence electrons. The Labute approximate surface area is 163 Å². The first-order valence-electron chi connectivity index (χ1n) is 8.75. The maximum Gasteiger partial charge on any atom is 0.253 e. The molecule has 27 heavy (non-hydrogen) atoms. The van der Waals surface area contributed by atoms with Crippen molar-refractivity contribution in [3.8, 4) is 5.75 Å². The number of nitrogens with zero attached hydrogens (tertiary/aromatic N) is 2. The molecule has 6 nitrogen and oxygen atoms in total. The topological polar surface area (TPSA) is 70.2 Å². The molecule has 0 aliphatic carbocycles. The van der Waals surface area contributed by atoms with E-state index in [1.54, 1.807) is 19.4 Å². The van der Waals surface area contributed by atoms with Crippen LogP contribution in [0.4, 0.5) is 0 Å². The number of thiocarbonyl (C=S) groups is 1. The minimum atomic E-state index is -0.123. The molecule has 0 saturated heterocycles. The number of H-pyrrole nitrogens is 1. The third kappa shape index (κ3) is 4.62. The van der Waals surface area contributed by atoms with E-state index in [0.717, 1.165) is 22.2 Å². The van der Waals surface area contributed by atoms with E-state index < -0.39 is 0 Å². The van der Waals surface area contributed by atoms with Gasteiger partial charge in [0, 0.05) is 42.5 Å². The van der Waals surface area contributed by atoms with E-state index >= 15 is 0 Å². The second-order valence-electron chi connectivity index (χ2n) is 6.08. The zero-order valence-electron chi connectivity index (χ0n) is 15.4. The largest absolute Gasteiger partial charge is 0.494 e. The van der Waals surface area contributed by atoms with Crippen LogP contribution in [-0.2, 0) is 13.1 Å². The van der Waals surface area contributed by atoms with Gasteiger partial charge in [-0.25, -0.2) is 0 Å². The van der Waals surface area contributed by atoms with E-state index in [1.807, 2.05) is 48.2 Å². The lowest BCUT2D eigenvalue weighted by atomic mass is 10.1. The molecule has 0 atom stereocenters. The fourth-order valence-electron chi connectivity index (χ4n) is 2.88. The Morgan fingerprint density at radius 2 is 2.15 bits per heavy atom. The summed E-state index contributed by atoms with van der Waals surface area (Å²) >= 11 is 5.43. The number of hydrogen-bond acceptors (Lipinski definition) is 4. The van der Waals surface area contributed by atoms with Crippen LogP contribution >= 0.6 is 12.2 Å². The summed E-state index contributed by atoms with van der Waals surface area (Å²) < 4.78 is 5.56. The predicted molar refractivity (Wildman–Crippen MR) is 111 cm³/mol. The van der Waals surface area contributed by atoms with Gasteiger partial charge in [-0.15, -0.1) is 0 Å². The molecule has 7 heteroatoms. The van der Waals surface area contributed by atoms with Gasteiger partial charge in [0.25, 0.3) is 5.56 Å². The molecule has 0 amide bonds. The van der Waals surface area contributed by atoms with Crippen molar-refractivity contribution in [1.29, 1.82) is 0 Å². The van der Waals surface area contributed by atoms with Crippen LogP contribution in [0.5, 0.6) is 5.75 Å². The van der Waals surface area contributed by atoms with Crippen molar-refractivity contribution in [2.45, 2.75) is 20.0 Å². The molecule has 2 heterocycles. The number of benzene rings is 1. The number of ether oxygens (including phenoxy) is 1. The SMILES string of the molecule is CCOc1ccc2[nH]c(=O)c(CN(Cc3cccnc3)C(=S)NC)cc2c1. The van der Waals surface area contributed by atoms with Crippen LogP contribution in [0.3, 0.4) is 0 Å². The highest BCUT2D eigenvalue weighted by Crippen LogP contribution is 2.20. The first-order chi connectivity index (χ1) is 13.1. The second-order valence-corrected chi connectivity index (χ2v) is 6.46. The molecular weight excluding hydrogens is 360 g/mol. The molecule has 2 N–H and O–H groups in total. The van der Waals surface area contributed by atoms with Crippen molar-refractivity contribution in [1.82, 2.24) is 20.2 Å². The number of nitrogens with one attached hydrogen (secondary N) is 2. The summed E-state index contributed by atoms with van der Waals surface area (Å²) in [5.74, 6) is 0.779. The van der Waals surface area contributed by atoms with Gasteiger partial charge >= 0.3 is 0 Å². The van der Waals surface area contributed by atoms with E-state index in [1.165, 1.54) is 0 Å².